The third-order valence-corrected chi connectivity index (χ3v) is 6.19. The number of carbonyl (C=O) groups excluding carboxylic acids is 1. The Balaban J connectivity index is 0.00000176. The highest BCUT2D eigenvalue weighted by Crippen LogP contribution is 2.53. The van der Waals surface area contributed by atoms with Gasteiger partial charge >= 0.3 is 0 Å². The molecule has 5 heteroatoms. The van der Waals surface area contributed by atoms with Crippen molar-refractivity contribution in [3.63, 3.8) is 0 Å². The fourth-order valence-electron chi connectivity index (χ4n) is 4.45. The van der Waals surface area contributed by atoms with Gasteiger partial charge in [-0.15, -0.1) is 12.4 Å². The molecule has 1 spiro atoms. The minimum Gasteiger partial charge on any atom is -0.378 e. The minimum absolute atomic E-state index is 0. The van der Waals surface area contributed by atoms with Crippen LogP contribution in [0.4, 0.5) is 0 Å². The molecule has 1 heterocycles. The molecule has 0 aromatic heterocycles. The van der Waals surface area contributed by atoms with Gasteiger partial charge in [-0.05, 0) is 45.2 Å². The van der Waals surface area contributed by atoms with Crippen LogP contribution in [0.1, 0.15) is 52.4 Å². The quantitative estimate of drug-likeness (QED) is 0.814. The smallest absolute Gasteiger partial charge is 0.223 e. The molecule has 1 aliphatic heterocycles. The molecule has 3 fully saturated rings. The van der Waals surface area contributed by atoms with Crippen molar-refractivity contribution in [2.45, 2.75) is 64.5 Å². The third-order valence-electron chi connectivity index (χ3n) is 6.19. The lowest BCUT2D eigenvalue weighted by molar-refractivity contribution is -0.159. The normalized spacial score (nSPS) is 31.5. The van der Waals surface area contributed by atoms with E-state index in [0.29, 0.717) is 18.1 Å². The van der Waals surface area contributed by atoms with Crippen molar-refractivity contribution in [2.24, 2.45) is 17.3 Å². The lowest BCUT2D eigenvalue weighted by Gasteiger charge is -2.58. The topological polar surface area (TPSA) is 50.4 Å². The molecule has 3 unspecified atom stereocenters. The number of amides is 1. The van der Waals surface area contributed by atoms with E-state index in [9.17, 15) is 4.79 Å². The maximum atomic E-state index is 12.5. The zero-order valence-corrected chi connectivity index (χ0v) is 14.7. The van der Waals surface area contributed by atoms with E-state index in [1.54, 1.807) is 0 Å². The van der Waals surface area contributed by atoms with E-state index in [1.807, 2.05) is 0 Å². The summed E-state index contributed by atoms with van der Waals surface area (Å²) in [4.78, 5) is 12.5. The number of hydrogen-bond acceptors (Lipinski definition) is 3. The molecule has 22 heavy (non-hydrogen) atoms. The number of rotatable bonds is 5. The summed E-state index contributed by atoms with van der Waals surface area (Å²) in [6, 6.07) is 0.345. The van der Waals surface area contributed by atoms with Crippen molar-refractivity contribution >= 4 is 18.3 Å². The molecule has 0 aromatic rings. The average Bonchev–Trinajstić information content (AvgIpc) is 2.45. The third kappa shape index (κ3) is 3.15. The molecular weight excluding hydrogens is 300 g/mol. The second-order valence-electron chi connectivity index (χ2n) is 7.24. The van der Waals surface area contributed by atoms with E-state index in [1.165, 1.54) is 32.1 Å². The van der Waals surface area contributed by atoms with Gasteiger partial charge in [0.2, 0.25) is 5.91 Å². The van der Waals surface area contributed by atoms with Crippen LogP contribution >= 0.6 is 12.4 Å². The van der Waals surface area contributed by atoms with E-state index >= 15 is 0 Å². The molecule has 0 aromatic carbocycles. The van der Waals surface area contributed by atoms with Crippen molar-refractivity contribution < 1.29 is 9.53 Å². The summed E-state index contributed by atoms with van der Waals surface area (Å²) in [5.41, 5.74) is 0.238. The summed E-state index contributed by atoms with van der Waals surface area (Å²) in [5.74, 6) is 0.916. The van der Waals surface area contributed by atoms with E-state index in [-0.39, 0.29) is 29.6 Å². The highest BCUT2D eigenvalue weighted by molar-refractivity contribution is 5.85. The molecule has 128 valence electrons. The highest BCUT2D eigenvalue weighted by Gasteiger charge is 2.56. The van der Waals surface area contributed by atoms with Gasteiger partial charge in [-0.25, -0.2) is 0 Å². The molecule has 0 radical (unpaired) electrons. The molecule has 0 bridgehead atoms. The van der Waals surface area contributed by atoms with Gasteiger partial charge in [0, 0.05) is 24.0 Å². The maximum absolute atomic E-state index is 12.5. The Hall–Kier alpha value is -0.320. The number of halogens is 1. The van der Waals surface area contributed by atoms with Crippen LogP contribution in [0.3, 0.4) is 0 Å². The molecule has 2 N–H and O–H groups in total. The summed E-state index contributed by atoms with van der Waals surface area (Å²) in [7, 11) is 0. The minimum atomic E-state index is 0. The van der Waals surface area contributed by atoms with Crippen molar-refractivity contribution in [3.05, 3.63) is 0 Å². The Kier molecular flexibility index (Phi) is 6.14. The van der Waals surface area contributed by atoms with E-state index in [4.69, 9.17) is 4.74 Å². The van der Waals surface area contributed by atoms with Gasteiger partial charge in [0.1, 0.15) is 0 Å². The number of nitrogens with one attached hydrogen (secondary N) is 2. The largest absolute Gasteiger partial charge is 0.378 e. The van der Waals surface area contributed by atoms with Gasteiger partial charge < -0.3 is 15.4 Å². The van der Waals surface area contributed by atoms with Crippen LogP contribution in [0.15, 0.2) is 0 Å². The summed E-state index contributed by atoms with van der Waals surface area (Å²) in [6.45, 7) is 6.93. The molecule has 1 amide bonds. The van der Waals surface area contributed by atoms with Gasteiger partial charge in [0.15, 0.2) is 0 Å². The Bertz CT molecular complexity index is 381. The SMILES string of the molecule is CCOC1CC(NC(=O)C(C)C2CNC2)C12CCCCC2.Cl. The first-order valence-electron chi connectivity index (χ1n) is 8.80. The van der Waals surface area contributed by atoms with E-state index < -0.39 is 0 Å². The number of carbonyl (C=O) groups is 1. The van der Waals surface area contributed by atoms with Gasteiger partial charge in [-0.3, -0.25) is 4.79 Å². The molecule has 2 saturated carbocycles. The maximum Gasteiger partial charge on any atom is 0.223 e. The van der Waals surface area contributed by atoms with Crippen LogP contribution in [0, 0.1) is 17.3 Å². The Morgan fingerprint density at radius 2 is 2.00 bits per heavy atom. The monoisotopic (exact) mass is 330 g/mol. The van der Waals surface area contributed by atoms with Crippen LogP contribution in [0.2, 0.25) is 0 Å². The first-order chi connectivity index (χ1) is 10.2. The fourth-order valence-corrected chi connectivity index (χ4v) is 4.45. The lowest BCUT2D eigenvalue weighted by atomic mass is 9.55. The fraction of sp³-hybridized carbons (Fsp3) is 0.941. The van der Waals surface area contributed by atoms with E-state index in [2.05, 4.69) is 24.5 Å². The summed E-state index contributed by atoms with van der Waals surface area (Å²) >= 11 is 0. The molecule has 3 rings (SSSR count). The standard InChI is InChI=1S/C17H30N2O2.ClH/c1-3-21-15-9-14(17(15)7-5-4-6-8-17)19-16(20)12(2)13-10-18-11-13;/h12-15,18H,3-11H2,1-2H3,(H,19,20);1H. The second-order valence-corrected chi connectivity index (χ2v) is 7.24. The summed E-state index contributed by atoms with van der Waals surface area (Å²) in [6.07, 6.45) is 7.74. The van der Waals surface area contributed by atoms with Gasteiger partial charge in [0.25, 0.3) is 0 Å². The number of ether oxygens (including phenoxy) is 1. The van der Waals surface area contributed by atoms with Crippen molar-refractivity contribution in [1.29, 1.82) is 0 Å². The van der Waals surface area contributed by atoms with Gasteiger partial charge in [0.05, 0.1) is 6.10 Å². The first kappa shape index (κ1) is 18.0. The van der Waals surface area contributed by atoms with E-state index in [0.717, 1.165) is 26.1 Å². The Morgan fingerprint density at radius 1 is 1.32 bits per heavy atom. The second kappa shape index (κ2) is 7.50. The van der Waals surface area contributed by atoms with Crippen molar-refractivity contribution in [3.8, 4) is 0 Å². The van der Waals surface area contributed by atoms with Crippen molar-refractivity contribution in [2.75, 3.05) is 19.7 Å². The predicted molar refractivity (Wildman–Crippen MR) is 90.3 cm³/mol. The van der Waals surface area contributed by atoms with Crippen LogP contribution in [0.5, 0.6) is 0 Å². The summed E-state index contributed by atoms with van der Waals surface area (Å²) < 4.78 is 5.96. The lowest BCUT2D eigenvalue weighted by Crippen LogP contribution is -2.66. The zero-order valence-electron chi connectivity index (χ0n) is 13.9. The molecule has 1 saturated heterocycles. The van der Waals surface area contributed by atoms with Gasteiger partial charge in [-0.1, -0.05) is 26.2 Å². The van der Waals surface area contributed by atoms with Gasteiger partial charge in [-0.2, -0.15) is 0 Å². The Morgan fingerprint density at radius 3 is 2.55 bits per heavy atom. The Labute approximate surface area is 140 Å². The molecular formula is C17H31ClN2O2. The zero-order chi connectivity index (χ0) is 14.9. The van der Waals surface area contributed by atoms with Crippen LogP contribution in [-0.2, 0) is 9.53 Å². The summed E-state index contributed by atoms with van der Waals surface area (Å²) in [5, 5.41) is 6.63. The molecule has 2 aliphatic carbocycles. The molecule has 4 nitrogen and oxygen atoms in total. The first-order valence-corrected chi connectivity index (χ1v) is 8.80. The average molecular weight is 331 g/mol. The van der Waals surface area contributed by atoms with Crippen molar-refractivity contribution in [1.82, 2.24) is 10.6 Å². The molecule has 3 aliphatic rings. The molecule has 3 atom stereocenters. The highest BCUT2D eigenvalue weighted by atomic mass is 35.5. The number of hydrogen-bond donors (Lipinski definition) is 2. The van der Waals surface area contributed by atoms with Crippen LogP contribution < -0.4 is 10.6 Å². The predicted octanol–water partition coefficient (Wildman–Crippen LogP) is 2.51. The van der Waals surface area contributed by atoms with Crippen LogP contribution in [0.25, 0.3) is 0 Å². The van der Waals surface area contributed by atoms with Crippen LogP contribution in [-0.4, -0.2) is 37.7 Å².